The van der Waals surface area contributed by atoms with Gasteiger partial charge in [-0.1, -0.05) is 23.8 Å². The number of aryl methyl sites for hydroxylation is 1. The summed E-state index contributed by atoms with van der Waals surface area (Å²) >= 11 is 0. The molecule has 0 fully saturated rings. The van der Waals surface area contributed by atoms with Crippen LogP contribution in [-0.4, -0.2) is 42.0 Å². The molecule has 0 saturated carbocycles. The molecule has 0 aliphatic carbocycles. The molecule has 7 nitrogen and oxygen atoms in total. The van der Waals surface area contributed by atoms with Gasteiger partial charge in [-0.15, -0.1) is 0 Å². The number of benzene rings is 2. The first-order chi connectivity index (χ1) is 16.0. The molecule has 0 saturated heterocycles. The van der Waals surface area contributed by atoms with Gasteiger partial charge in [0, 0.05) is 11.1 Å². The van der Waals surface area contributed by atoms with E-state index in [1.54, 1.807) is 48.0 Å². The average Bonchev–Trinajstić information content (AvgIpc) is 3.22. The fourth-order valence-electron chi connectivity index (χ4n) is 3.73. The van der Waals surface area contributed by atoms with E-state index in [1.165, 1.54) is 14.2 Å². The van der Waals surface area contributed by atoms with E-state index in [1.807, 2.05) is 31.2 Å². The number of carbonyl (C=O) groups is 2. The number of fused-ring (bicyclic) bond motifs is 1. The highest BCUT2D eigenvalue weighted by Gasteiger charge is 2.23. The minimum atomic E-state index is -0.497. The monoisotopic (exact) mass is 444 g/mol. The van der Waals surface area contributed by atoms with Crippen LogP contribution in [0.2, 0.25) is 0 Å². The zero-order valence-electron chi connectivity index (χ0n) is 18.9. The van der Waals surface area contributed by atoms with Crippen LogP contribution in [0.5, 0.6) is 11.5 Å². The molecule has 0 atom stereocenters. The molecular weight excluding hydrogens is 420 g/mol. The van der Waals surface area contributed by atoms with Gasteiger partial charge in [-0.2, -0.15) is 0 Å². The van der Waals surface area contributed by atoms with Crippen LogP contribution in [0.15, 0.2) is 60.9 Å². The number of rotatable bonds is 7. The van der Waals surface area contributed by atoms with Crippen LogP contribution in [0.3, 0.4) is 0 Å². The maximum atomic E-state index is 13.4. The Bertz CT molecular complexity index is 1360. The number of ketones is 1. The number of methoxy groups -OCH3 is 2. The van der Waals surface area contributed by atoms with Gasteiger partial charge in [0.25, 0.3) is 0 Å². The van der Waals surface area contributed by atoms with Gasteiger partial charge in [-0.05, 0) is 50.2 Å². The molecule has 7 heteroatoms. The third kappa shape index (κ3) is 4.17. The van der Waals surface area contributed by atoms with Gasteiger partial charge < -0.3 is 14.2 Å². The summed E-state index contributed by atoms with van der Waals surface area (Å²) in [5.41, 5.74) is 4.25. The second kappa shape index (κ2) is 9.16. The molecule has 33 heavy (non-hydrogen) atoms. The molecule has 2 aromatic carbocycles. The number of hydrogen-bond acceptors (Lipinski definition) is 6. The van der Waals surface area contributed by atoms with Crippen molar-refractivity contribution in [2.45, 2.75) is 13.8 Å². The van der Waals surface area contributed by atoms with E-state index < -0.39 is 5.97 Å². The van der Waals surface area contributed by atoms with E-state index in [-0.39, 0.29) is 12.4 Å². The molecule has 2 heterocycles. The van der Waals surface area contributed by atoms with Crippen molar-refractivity contribution in [3.63, 3.8) is 0 Å². The Morgan fingerprint density at radius 2 is 1.76 bits per heavy atom. The van der Waals surface area contributed by atoms with E-state index in [4.69, 9.17) is 14.2 Å². The van der Waals surface area contributed by atoms with Gasteiger partial charge in [0.2, 0.25) is 5.78 Å². The molecule has 0 radical (unpaired) electrons. The first kappa shape index (κ1) is 22.1. The number of nitrogens with zero attached hydrogens (tertiary/aromatic N) is 2. The molecule has 4 aromatic rings. The standard InChI is InChI=1S/C26H24N2O5/c1-5-33-26(30)19-13-22(25(29)18-9-10-23(31-3)24(12-18)32-4)28-15-27-20(14-21(19)28)17-8-6-7-16(2)11-17/h6-15H,5H2,1-4H3. The summed E-state index contributed by atoms with van der Waals surface area (Å²) in [6.07, 6.45) is 1.56. The lowest BCUT2D eigenvalue weighted by Gasteiger charge is -2.09. The quantitative estimate of drug-likeness (QED) is 0.303. The fraction of sp³-hybridized carbons (Fsp3) is 0.192. The number of hydrogen-bond donors (Lipinski definition) is 0. The molecule has 0 aliphatic rings. The lowest BCUT2D eigenvalue weighted by Crippen LogP contribution is -2.06. The van der Waals surface area contributed by atoms with Crippen molar-refractivity contribution in [2.24, 2.45) is 0 Å². The van der Waals surface area contributed by atoms with Gasteiger partial charge in [0.15, 0.2) is 11.5 Å². The first-order valence-corrected chi connectivity index (χ1v) is 10.5. The molecule has 0 bridgehead atoms. The van der Waals surface area contributed by atoms with Crippen molar-refractivity contribution in [1.29, 1.82) is 0 Å². The van der Waals surface area contributed by atoms with Crippen molar-refractivity contribution >= 4 is 17.3 Å². The third-order valence-corrected chi connectivity index (χ3v) is 5.35. The summed E-state index contributed by atoms with van der Waals surface area (Å²) in [7, 11) is 3.04. The topological polar surface area (TPSA) is 79.1 Å². The van der Waals surface area contributed by atoms with Gasteiger partial charge in [0.1, 0.15) is 6.33 Å². The van der Waals surface area contributed by atoms with Crippen LogP contribution in [0.25, 0.3) is 16.8 Å². The smallest absolute Gasteiger partial charge is 0.340 e. The minimum Gasteiger partial charge on any atom is -0.493 e. The van der Waals surface area contributed by atoms with Crippen LogP contribution >= 0.6 is 0 Å². The normalized spacial score (nSPS) is 10.8. The molecule has 0 spiro atoms. The second-order valence-corrected chi connectivity index (χ2v) is 7.46. The number of aromatic nitrogens is 2. The SMILES string of the molecule is CCOC(=O)c1cc(C(=O)c2ccc(OC)c(OC)c2)n2cnc(-c3cccc(C)c3)cc12. The van der Waals surface area contributed by atoms with E-state index in [9.17, 15) is 9.59 Å². The summed E-state index contributed by atoms with van der Waals surface area (Å²) < 4.78 is 17.5. The Morgan fingerprint density at radius 3 is 2.45 bits per heavy atom. The summed E-state index contributed by atoms with van der Waals surface area (Å²) in [5, 5.41) is 0. The molecule has 2 aromatic heterocycles. The highest BCUT2D eigenvalue weighted by Crippen LogP contribution is 2.30. The van der Waals surface area contributed by atoms with E-state index >= 15 is 0 Å². The number of ether oxygens (including phenoxy) is 3. The zero-order valence-corrected chi connectivity index (χ0v) is 18.9. The molecule has 0 N–H and O–H groups in total. The van der Waals surface area contributed by atoms with Crippen molar-refractivity contribution in [2.75, 3.05) is 20.8 Å². The summed E-state index contributed by atoms with van der Waals surface area (Å²) in [6, 6.07) is 16.2. The Morgan fingerprint density at radius 1 is 0.970 bits per heavy atom. The Hall–Kier alpha value is -4.13. The zero-order chi connectivity index (χ0) is 23.5. The molecule has 0 aliphatic heterocycles. The Kier molecular flexibility index (Phi) is 6.13. The van der Waals surface area contributed by atoms with Gasteiger partial charge >= 0.3 is 5.97 Å². The second-order valence-electron chi connectivity index (χ2n) is 7.46. The van der Waals surface area contributed by atoms with Gasteiger partial charge in [-0.3, -0.25) is 9.20 Å². The van der Waals surface area contributed by atoms with Gasteiger partial charge in [0.05, 0.1) is 43.3 Å². The van der Waals surface area contributed by atoms with Crippen LogP contribution in [-0.2, 0) is 4.74 Å². The lowest BCUT2D eigenvalue weighted by atomic mass is 10.1. The maximum absolute atomic E-state index is 13.4. The van der Waals surface area contributed by atoms with E-state index in [0.29, 0.717) is 39.5 Å². The first-order valence-electron chi connectivity index (χ1n) is 10.5. The molecule has 4 rings (SSSR count). The highest BCUT2D eigenvalue weighted by atomic mass is 16.5. The van der Waals surface area contributed by atoms with Crippen molar-refractivity contribution in [3.05, 3.63) is 83.3 Å². The van der Waals surface area contributed by atoms with Crippen molar-refractivity contribution in [3.8, 4) is 22.8 Å². The lowest BCUT2D eigenvalue weighted by molar-refractivity contribution is 0.0529. The highest BCUT2D eigenvalue weighted by molar-refractivity contribution is 6.11. The molecule has 168 valence electrons. The summed E-state index contributed by atoms with van der Waals surface area (Å²) in [6.45, 7) is 3.97. The number of carbonyl (C=O) groups excluding carboxylic acids is 2. The number of esters is 1. The predicted octanol–water partition coefficient (Wildman–Crippen LogP) is 4.73. The average molecular weight is 444 g/mol. The largest absolute Gasteiger partial charge is 0.493 e. The van der Waals surface area contributed by atoms with E-state index in [0.717, 1.165) is 11.1 Å². The molecule has 0 amide bonds. The third-order valence-electron chi connectivity index (χ3n) is 5.35. The Labute approximate surface area is 191 Å². The molecule has 0 unspecified atom stereocenters. The Balaban J connectivity index is 1.86. The maximum Gasteiger partial charge on any atom is 0.340 e. The predicted molar refractivity (Wildman–Crippen MR) is 124 cm³/mol. The van der Waals surface area contributed by atoms with Crippen molar-refractivity contribution in [1.82, 2.24) is 9.38 Å². The van der Waals surface area contributed by atoms with Gasteiger partial charge in [-0.25, -0.2) is 9.78 Å². The van der Waals surface area contributed by atoms with Crippen LogP contribution in [0.4, 0.5) is 0 Å². The van der Waals surface area contributed by atoms with E-state index in [2.05, 4.69) is 4.98 Å². The minimum absolute atomic E-state index is 0.227. The fourth-order valence-corrected chi connectivity index (χ4v) is 3.73. The van der Waals surface area contributed by atoms with Crippen LogP contribution < -0.4 is 9.47 Å². The van der Waals surface area contributed by atoms with Crippen LogP contribution in [0, 0.1) is 6.92 Å². The summed E-state index contributed by atoms with van der Waals surface area (Å²) in [5.74, 6) is 0.176. The van der Waals surface area contributed by atoms with Crippen LogP contribution in [0.1, 0.15) is 38.9 Å². The molecular formula is C26H24N2O5. The van der Waals surface area contributed by atoms with Crippen molar-refractivity contribution < 1.29 is 23.8 Å². The summed E-state index contributed by atoms with van der Waals surface area (Å²) in [4.78, 5) is 30.7.